The van der Waals surface area contributed by atoms with E-state index >= 15 is 0 Å². The van der Waals surface area contributed by atoms with Gasteiger partial charge in [0.2, 0.25) is 5.91 Å². The highest BCUT2D eigenvalue weighted by Crippen LogP contribution is 2.45. The summed E-state index contributed by atoms with van der Waals surface area (Å²) in [6.07, 6.45) is -1.01. The van der Waals surface area contributed by atoms with Crippen LogP contribution in [0.4, 0.5) is 4.79 Å². The normalized spacial score (nSPS) is 20.8. The monoisotopic (exact) mass is 413 g/mol. The zero-order valence-electron chi connectivity index (χ0n) is 16.2. The maximum absolute atomic E-state index is 13.0. The lowest BCUT2D eigenvalue weighted by molar-refractivity contribution is -0.141. The van der Waals surface area contributed by atoms with Crippen LogP contribution in [0, 0.1) is 0 Å². The Morgan fingerprint density at radius 3 is 2.67 bits per heavy atom. The van der Waals surface area contributed by atoms with E-state index in [0.29, 0.717) is 16.9 Å². The van der Waals surface area contributed by atoms with Crippen LogP contribution in [0.1, 0.15) is 28.8 Å². The van der Waals surface area contributed by atoms with Gasteiger partial charge in [-0.25, -0.2) is 4.79 Å². The molecule has 3 atom stereocenters. The number of fused-ring (bicyclic) bond motifs is 4. The first-order chi connectivity index (χ1) is 14.5. The molecule has 1 saturated heterocycles. The third kappa shape index (κ3) is 3.70. The fourth-order valence-corrected chi connectivity index (χ4v) is 3.80. The summed E-state index contributed by atoms with van der Waals surface area (Å²) < 4.78 is 5.53. The number of primary amides is 1. The van der Waals surface area contributed by atoms with Gasteiger partial charge in [0.15, 0.2) is 0 Å². The summed E-state index contributed by atoms with van der Waals surface area (Å²) in [5.74, 6) is -0.183. The molecule has 0 saturated carbocycles. The largest absolute Gasteiger partial charge is 0.491 e. The number of aliphatic hydroxyl groups is 2. The van der Waals surface area contributed by atoms with Gasteiger partial charge in [-0.1, -0.05) is 36.4 Å². The lowest BCUT2D eigenvalue weighted by Gasteiger charge is -2.31. The van der Waals surface area contributed by atoms with Crippen molar-refractivity contribution in [3.63, 3.8) is 0 Å². The third-order valence-corrected chi connectivity index (χ3v) is 5.25. The summed E-state index contributed by atoms with van der Waals surface area (Å²) >= 11 is 0. The number of hydrogen-bond acceptors (Lipinski definition) is 6. The van der Waals surface area contributed by atoms with E-state index in [0.717, 1.165) is 5.56 Å². The van der Waals surface area contributed by atoms with Gasteiger partial charge in [0.1, 0.15) is 37.2 Å². The second kappa shape index (κ2) is 8.31. The summed E-state index contributed by atoms with van der Waals surface area (Å²) in [5.41, 5.74) is 7.83. The maximum atomic E-state index is 13.0. The van der Waals surface area contributed by atoms with Crippen LogP contribution >= 0.6 is 0 Å². The molecule has 3 amide bonds. The number of rotatable bonds is 8. The molecule has 158 valence electrons. The smallest absolute Gasteiger partial charge is 0.345 e. The first-order valence-electron chi connectivity index (χ1n) is 9.61. The number of aliphatic hydroxyl groups excluding tert-OH is 2. The van der Waals surface area contributed by atoms with Crippen LogP contribution in [0.5, 0.6) is 5.75 Å². The zero-order valence-corrected chi connectivity index (χ0v) is 16.2. The molecule has 30 heavy (non-hydrogen) atoms. The summed E-state index contributed by atoms with van der Waals surface area (Å²) in [6.45, 7) is -0.0380. The molecule has 9 nitrogen and oxygen atoms in total. The minimum atomic E-state index is -1.01. The number of benzene rings is 2. The Bertz CT molecular complexity index is 938. The van der Waals surface area contributed by atoms with E-state index in [2.05, 4.69) is 0 Å². The van der Waals surface area contributed by atoms with Crippen molar-refractivity contribution in [1.29, 1.82) is 0 Å². The van der Waals surface area contributed by atoms with Gasteiger partial charge in [0.25, 0.3) is 0 Å². The molecule has 2 aliphatic rings. The predicted molar refractivity (Wildman–Crippen MR) is 105 cm³/mol. The van der Waals surface area contributed by atoms with E-state index in [9.17, 15) is 14.7 Å². The molecule has 3 unspecified atom stereocenters. The van der Waals surface area contributed by atoms with E-state index in [1.165, 1.54) is 9.96 Å². The molecule has 2 aromatic rings. The van der Waals surface area contributed by atoms with Gasteiger partial charge in [-0.15, -0.1) is 0 Å². The Labute approximate surface area is 173 Å². The zero-order chi connectivity index (χ0) is 21.3. The molecule has 0 aromatic heterocycles. The van der Waals surface area contributed by atoms with Gasteiger partial charge < -0.3 is 25.6 Å². The van der Waals surface area contributed by atoms with E-state index in [-0.39, 0.29) is 19.8 Å². The molecule has 2 aliphatic heterocycles. The SMILES string of the molecule is NC(=O)C1c2ccc(OCC(O)CO)cc2C2CN1C(=O)N2OCc1ccccc1. The first-order valence-corrected chi connectivity index (χ1v) is 9.61. The summed E-state index contributed by atoms with van der Waals surface area (Å²) in [4.78, 5) is 32.4. The molecule has 0 radical (unpaired) electrons. The molecule has 2 bridgehead atoms. The van der Waals surface area contributed by atoms with Gasteiger partial charge >= 0.3 is 6.03 Å². The van der Waals surface area contributed by atoms with Crippen LogP contribution in [0.2, 0.25) is 0 Å². The van der Waals surface area contributed by atoms with Crippen LogP contribution in [0.25, 0.3) is 0 Å². The van der Waals surface area contributed by atoms with Crippen molar-refractivity contribution in [2.75, 3.05) is 19.8 Å². The fourth-order valence-electron chi connectivity index (χ4n) is 3.80. The van der Waals surface area contributed by atoms with Gasteiger partial charge in [-0.2, -0.15) is 5.06 Å². The van der Waals surface area contributed by atoms with E-state index in [1.54, 1.807) is 18.2 Å². The van der Waals surface area contributed by atoms with Gasteiger partial charge in [-0.05, 0) is 28.8 Å². The second-order valence-corrected chi connectivity index (χ2v) is 7.28. The lowest BCUT2D eigenvalue weighted by Crippen LogP contribution is -2.41. The van der Waals surface area contributed by atoms with Crippen molar-refractivity contribution in [1.82, 2.24) is 9.96 Å². The molecule has 2 heterocycles. The van der Waals surface area contributed by atoms with Crippen LogP contribution in [-0.2, 0) is 16.2 Å². The molecule has 9 heteroatoms. The number of hydrogen-bond donors (Lipinski definition) is 3. The molecule has 4 N–H and O–H groups in total. The Balaban J connectivity index is 1.62. The highest BCUT2D eigenvalue weighted by molar-refractivity contribution is 5.90. The molecule has 4 rings (SSSR count). The number of carbonyl (C=O) groups is 2. The summed E-state index contributed by atoms with van der Waals surface area (Å²) in [6, 6.07) is 12.8. The number of amides is 3. The van der Waals surface area contributed by atoms with Crippen LogP contribution in [0.15, 0.2) is 48.5 Å². The number of nitrogens with two attached hydrogens (primary N) is 1. The molecule has 0 spiro atoms. The Kier molecular flexibility index (Phi) is 5.58. The van der Waals surface area contributed by atoms with Crippen molar-refractivity contribution >= 4 is 11.9 Å². The minimum Gasteiger partial charge on any atom is -0.491 e. The molecular formula is C21H23N3O6. The number of ether oxygens (including phenoxy) is 1. The average Bonchev–Trinajstić information content (AvgIpc) is 3.03. The standard InChI is InChI=1S/C21H23N3O6/c22-20(27)19-16-7-6-15(29-12-14(26)10-25)8-17(16)18-9-23(19)21(28)24(18)30-11-13-4-2-1-3-5-13/h1-8,14,18-19,25-26H,9-12H2,(H2,22,27). The van der Waals surface area contributed by atoms with Crippen LogP contribution in [-0.4, -0.2) is 58.0 Å². The van der Waals surface area contributed by atoms with E-state index in [4.69, 9.17) is 20.4 Å². The Hall–Kier alpha value is -3.14. The Morgan fingerprint density at radius 2 is 1.97 bits per heavy atom. The van der Waals surface area contributed by atoms with E-state index < -0.39 is 36.7 Å². The lowest BCUT2D eigenvalue weighted by atomic mass is 9.90. The van der Waals surface area contributed by atoms with Crippen molar-refractivity contribution in [3.05, 3.63) is 65.2 Å². The first kappa shape index (κ1) is 20.1. The molecule has 2 aromatic carbocycles. The van der Waals surface area contributed by atoms with Gasteiger partial charge in [0, 0.05) is 0 Å². The second-order valence-electron chi connectivity index (χ2n) is 7.28. The van der Waals surface area contributed by atoms with Crippen molar-refractivity contribution in [2.45, 2.75) is 24.8 Å². The quantitative estimate of drug-likeness (QED) is 0.590. The van der Waals surface area contributed by atoms with Crippen LogP contribution in [0.3, 0.4) is 0 Å². The predicted octanol–water partition coefficient (Wildman–Crippen LogP) is 0.869. The molecule has 1 fully saturated rings. The van der Waals surface area contributed by atoms with E-state index in [1.807, 2.05) is 30.3 Å². The van der Waals surface area contributed by atoms with Crippen molar-refractivity contribution in [3.8, 4) is 5.75 Å². The number of urea groups is 1. The fraction of sp³-hybridized carbons (Fsp3) is 0.333. The molecule has 0 aliphatic carbocycles. The van der Waals surface area contributed by atoms with Crippen molar-refractivity contribution in [2.24, 2.45) is 5.73 Å². The topological polar surface area (TPSA) is 126 Å². The van der Waals surface area contributed by atoms with Gasteiger partial charge in [0.05, 0.1) is 13.2 Å². The average molecular weight is 413 g/mol. The summed E-state index contributed by atoms with van der Waals surface area (Å²) in [5, 5.41) is 19.8. The van der Waals surface area contributed by atoms with Crippen molar-refractivity contribution < 1.29 is 29.4 Å². The Morgan fingerprint density at radius 1 is 1.20 bits per heavy atom. The third-order valence-electron chi connectivity index (χ3n) is 5.25. The summed E-state index contributed by atoms with van der Waals surface area (Å²) in [7, 11) is 0. The highest BCUT2D eigenvalue weighted by atomic mass is 16.7. The van der Waals surface area contributed by atoms with Gasteiger partial charge in [-0.3, -0.25) is 9.63 Å². The minimum absolute atomic E-state index is 0.0848. The highest BCUT2D eigenvalue weighted by Gasteiger charge is 2.50. The number of carbonyl (C=O) groups excluding carboxylic acids is 2. The number of nitrogens with zero attached hydrogens (tertiary/aromatic N) is 2. The van der Waals surface area contributed by atoms with Crippen LogP contribution < -0.4 is 10.5 Å². The number of hydroxylamine groups is 2. The molecular weight excluding hydrogens is 390 g/mol. The maximum Gasteiger partial charge on any atom is 0.345 e.